The van der Waals surface area contributed by atoms with Crippen molar-refractivity contribution < 1.29 is 25.2 Å². The van der Waals surface area contributed by atoms with Gasteiger partial charge >= 0.3 is 0 Å². The molecule has 2 heterocycles. The number of aromatic hydroxyl groups is 1. The molecule has 0 aliphatic heterocycles. The molecular formula is C49H52IrN3O-. The molecule has 7 rings (SSSR count). The molecule has 0 fully saturated rings. The van der Waals surface area contributed by atoms with Crippen LogP contribution >= 0.6 is 0 Å². The molecule has 0 aliphatic carbocycles. The van der Waals surface area contributed by atoms with Crippen LogP contribution in [0.2, 0.25) is 0 Å². The Balaban J connectivity index is 0.000000221. The fourth-order valence-electron chi connectivity index (χ4n) is 7.26. The van der Waals surface area contributed by atoms with Crippen molar-refractivity contribution >= 4 is 10.8 Å². The quantitative estimate of drug-likeness (QED) is 0.162. The van der Waals surface area contributed by atoms with E-state index >= 15 is 0 Å². The Kier molecular flexibility index (Phi) is 12.8. The summed E-state index contributed by atoms with van der Waals surface area (Å²) < 4.78 is 2.25. The predicted octanol–water partition coefficient (Wildman–Crippen LogP) is 13.2. The van der Waals surface area contributed by atoms with Gasteiger partial charge in [0, 0.05) is 32.0 Å². The molecule has 0 saturated heterocycles. The number of pyridine rings is 1. The third kappa shape index (κ3) is 8.28. The molecule has 5 aromatic carbocycles. The van der Waals surface area contributed by atoms with Crippen LogP contribution in [0.15, 0.2) is 109 Å². The fourth-order valence-corrected chi connectivity index (χ4v) is 7.26. The number of hydrogen-bond donors (Lipinski definition) is 1. The molecule has 279 valence electrons. The second kappa shape index (κ2) is 17.1. The van der Waals surface area contributed by atoms with Crippen molar-refractivity contribution in [2.24, 2.45) is 0 Å². The third-order valence-electron chi connectivity index (χ3n) is 10.1. The zero-order chi connectivity index (χ0) is 38.0. The number of aromatic nitrogens is 3. The largest absolute Gasteiger partial charge is 0.507 e. The van der Waals surface area contributed by atoms with Gasteiger partial charge in [0.1, 0.15) is 11.6 Å². The Bertz CT molecular complexity index is 2340. The van der Waals surface area contributed by atoms with Gasteiger partial charge in [0.25, 0.3) is 0 Å². The molecule has 54 heavy (non-hydrogen) atoms. The molecule has 0 aliphatic rings. The molecule has 0 amide bonds. The minimum Gasteiger partial charge on any atom is -0.507 e. The van der Waals surface area contributed by atoms with Gasteiger partial charge in [-0.1, -0.05) is 122 Å². The summed E-state index contributed by atoms with van der Waals surface area (Å²) in [6.45, 7) is 21.8. The number of nitrogens with zero attached hydrogens (tertiary/aromatic N) is 3. The Morgan fingerprint density at radius 1 is 0.630 bits per heavy atom. The summed E-state index contributed by atoms with van der Waals surface area (Å²) in [5.41, 5.74) is 14.9. The summed E-state index contributed by atoms with van der Waals surface area (Å²) >= 11 is 0. The smallest absolute Gasteiger partial charge is 0.148 e. The van der Waals surface area contributed by atoms with Crippen LogP contribution in [0.3, 0.4) is 0 Å². The van der Waals surface area contributed by atoms with Crippen molar-refractivity contribution in [1.29, 1.82) is 0 Å². The van der Waals surface area contributed by atoms with Crippen LogP contribution in [0.1, 0.15) is 98.5 Å². The van der Waals surface area contributed by atoms with Crippen LogP contribution in [-0.4, -0.2) is 19.6 Å². The van der Waals surface area contributed by atoms with E-state index in [1.165, 1.54) is 49.8 Å². The fraction of sp³-hybridized carbons (Fsp3) is 0.265. The number of aryl methyl sites for hydroxylation is 3. The zero-order valence-electron chi connectivity index (χ0n) is 33.2. The van der Waals surface area contributed by atoms with Crippen molar-refractivity contribution in [2.75, 3.05) is 0 Å². The Morgan fingerprint density at radius 2 is 1.20 bits per heavy atom. The number of benzene rings is 5. The maximum absolute atomic E-state index is 10.6. The number of hydrogen-bond acceptors (Lipinski definition) is 3. The molecule has 0 unspecified atom stereocenters. The van der Waals surface area contributed by atoms with Gasteiger partial charge in [0.2, 0.25) is 0 Å². The van der Waals surface area contributed by atoms with E-state index in [1.807, 2.05) is 31.3 Å². The van der Waals surface area contributed by atoms with Crippen LogP contribution < -0.4 is 0 Å². The number of phenols is 1. The number of rotatable bonds is 7. The number of imidazole rings is 1. The van der Waals surface area contributed by atoms with Crippen molar-refractivity contribution in [1.82, 2.24) is 14.5 Å². The summed E-state index contributed by atoms with van der Waals surface area (Å²) in [4.78, 5) is 9.65. The Labute approximate surface area is 335 Å². The molecule has 1 radical (unpaired) electrons. The van der Waals surface area contributed by atoms with E-state index in [4.69, 9.17) is 9.97 Å². The Hall–Kier alpha value is -4.83. The standard InChI is InChI=1S/C29H32N2O.C20H20N.Ir/c1-18(2)25-16-23(22-12-8-7-9-13-22)17-26(19(3)4)28(25)31-21(6)20(5)30-29(31)24-14-10-11-15-27(24)32;1-13(2)19-12-21-20(18-8-6-5-7-17(18)19)16-10-14(3)9-15(4)11-16;/h7-19,32H,1-6H3;5-10,12-13H,1-4H3;/q;-1;. The minimum absolute atomic E-state index is 0. The molecule has 7 aromatic rings. The molecule has 5 heteroatoms. The normalized spacial score (nSPS) is 11.2. The van der Waals surface area contributed by atoms with Crippen LogP contribution in [0, 0.1) is 33.8 Å². The van der Waals surface area contributed by atoms with Gasteiger partial charge in [0.15, 0.2) is 0 Å². The van der Waals surface area contributed by atoms with E-state index in [-0.39, 0.29) is 25.9 Å². The number of fused-ring (bicyclic) bond motifs is 1. The van der Waals surface area contributed by atoms with Crippen molar-refractivity contribution in [3.8, 4) is 45.2 Å². The summed E-state index contributed by atoms with van der Waals surface area (Å²) in [6.07, 6.45) is 2.02. The molecule has 0 saturated carbocycles. The first-order valence-electron chi connectivity index (χ1n) is 18.8. The van der Waals surface area contributed by atoms with E-state index < -0.39 is 0 Å². The molecule has 0 atom stereocenters. The summed E-state index contributed by atoms with van der Waals surface area (Å²) in [5, 5.41) is 13.1. The Morgan fingerprint density at radius 3 is 1.80 bits per heavy atom. The first-order chi connectivity index (χ1) is 25.3. The first-order valence-corrected chi connectivity index (χ1v) is 18.8. The zero-order valence-corrected chi connectivity index (χ0v) is 35.6. The van der Waals surface area contributed by atoms with E-state index in [1.54, 1.807) is 6.07 Å². The molecule has 1 N–H and O–H groups in total. The van der Waals surface area contributed by atoms with Crippen molar-refractivity contribution in [2.45, 2.75) is 87.0 Å². The van der Waals surface area contributed by atoms with Crippen molar-refractivity contribution in [3.05, 3.63) is 155 Å². The van der Waals surface area contributed by atoms with Gasteiger partial charge in [-0.2, -0.15) is 0 Å². The summed E-state index contributed by atoms with van der Waals surface area (Å²) in [7, 11) is 0. The van der Waals surface area contributed by atoms with Gasteiger partial charge in [-0.05, 0) is 100 Å². The van der Waals surface area contributed by atoms with Gasteiger partial charge in [-0.3, -0.25) is 4.57 Å². The second-order valence-corrected chi connectivity index (χ2v) is 15.2. The second-order valence-electron chi connectivity index (χ2n) is 15.2. The van der Waals surface area contributed by atoms with Crippen LogP contribution in [0.4, 0.5) is 0 Å². The molecule has 2 aromatic heterocycles. The average molecular weight is 891 g/mol. The molecule has 0 bridgehead atoms. The monoisotopic (exact) mass is 891 g/mol. The summed E-state index contributed by atoms with van der Waals surface area (Å²) in [6, 6.07) is 39.0. The van der Waals surface area contributed by atoms with E-state index in [2.05, 4.69) is 152 Å². The van der Waals surface area contributed by atoms with Crippen LogP contribution in [0.25, 0.3) is 50.2 Å². The SMILES string of the molecule is Cc1[c-]c(-c2ncc(C(C)C)c3ccccc23)cc(C)c1.Cc1nc(-c2ccccc2O)n(-c2c(C(C)C)cc(-c3ccccc3)cc2C(C)C)c1C.[Ir]. The average Bonchev–Trinajstić information content (AvgIpc) is 3.43. The predicted molar refractivity (Wildman–Crippen MR) is 223 cm³/mol. The van der Waals surface area contributed by atoms with E-state index in [0.717, 1.165) is 39.6 Å². The third-order valence-corrected chi connectivity index (χ3v) is 10.1. The molecular weight excluding hydrogens is 839 g/mol. The maximum Gasteiger partial charge on any atom is 0.148 e. The van der Waals surface area contributed by atoms with E-state index in [9.17, 15) is 5.11 Å². The molecule has 4 nitrogen and oxygen atoms in total. The van der Waals surface area contributed by atoms with Gasteiger partial charge in [-0.15, -0.1) is 34.9 Å². The minimum atomic E-state index is 0. The van der Waals surface area contributed by atoms with Crippen molar-refractivity contribution in [3.63, 3.8) is 0 Å². The first kappa shape index (κ1) is 40.4. The van der Waals surface area contributed by atoms with Gasteiger partial charge in [-0.25, -0.2) is 4.98 Å². The van der Waals surface area contributed by atoms with Gasteiger partial charge in [0.05, 0.1) is 16.9 Å². The van der Waals surface area contributed by atoms with Crippen LogP contribution in [-0.2, 0) is 20.1 Å². The summed E-state index contributed by atoms with van der Waals surface area (Å²) in [5.74, 6) is 2.15. The number of phenolic OH excluding ortho intramolecular Hbond substituents is 1. The number of para-hydroxylation sites is 1. The van der Waals surface area contributed by atoms with E-state index in [0.29, 0.717) is 17.8 Å². The molecule has 0 spiro atoms. The van der Waals surface area contributed by atoms with Crippen LogP contribution in [0.5, 0.6) is 5.75 Å². The van der Waals surface area contributed by atoms with Gasteiger partial charge < -0.3 is 10.1 Å². The maximum atomic E-state index is 10.6. The topological polar surface area (TPSA) is 50.9 Å².